The minimum Gasteiger partial charge on any atom is -0.447 e. The number of nitrogens with zero attached hydrogens (tertiary/aromatic N) is 1. The largest absolute Gasteiger partial charge is 0.447 e. The van der Waals surface area contributed by atoms with Gasteiger partial charge in [-0.2, -0.15) is 0 Å². The molecule has 72 valence electrons. The maximum absolute atomic E-state index is 10.8. The number of Topliss-reactive ketones (excluding diaryl/α,β-unsaturated/α-hetero) is 1. The van der Waals surface area contributed by atoms with Crippen molar-refractivity contribution in [2.75, 3.05) is 6.61 Å². The summed E-state index contributed by atoms with van der Waals surface area (Å²) in [6.45, 7) is -0.704. The van der Waals surface area contributed by atoms with Crippen molar-refractivity contribution in [1.82, 2.24) is 0 Å². The number of hydrogen-bond donors (Lipinski definition) is 3. The second kappa shape index (κ2) is 3.50. The third-order valence-electron chi connectivity index (χ3n) is 1.57. The standard InChI is InChI=1S/C6H7NO6/c8-1-2(9)5-3(7-12)4(10)6(11)13-5/h2,5,8-9,12H,1H2/t2-,5+/m1/s1. The smallest absolute Gasteiger partial charge is 0.382 e. The maximum Gasteiger partial charge on any atom is 0.382 e. The predicted molar refractivity (Wildman–Crippen MR) is 37.2 cm³/mol. The number of ether oxygens (including phenoxy) is 1. The first-order valence-corrected chi connectivity index (χ1v) is 3.38. The Balaban J connectivity index is 2.89. The van der Waals surface area contributed by atoms with Crippen LogP contribution in [0.25, 0.3) is 0 Å². The fraction of sp³-hybridized carbons (Fsp3) is 0.500. The summed E-state index contributed by atoms with van der Waals surface area (Å²) in [5, 5.41) is 28.3. The van der Waals surface area contributed by atoms with Gasteiger partial charge in [-0.15, -0.1) is 0 Å². The summed E-state index contributed by atoms with van der Waals surface area (Å²) < 4.78 is 4.34. The number of rotatable bonds is 2. The first-order valence-electron chi connectivity index (χ1n) is 3.38. The minimum atomic E-state index is -1.46. The van der Waals surface area contributed by atoms with Gasteiger partial charge in [0, 0.05) is 0 Å². The molecule has 0 aromatic rings. The Labute approximate surface area is 72.2 Å². The second-order valence-electron chi connectivity index (χ2n) is 2.39. The monoisotopic (exact) mass is 189 g/mol. The highest BCUT2D eigenvalue weighted by atomic mass is 16.6. The molecule has 3 N–H and O–H groups in total. The van der Waals surface area contributed by atoms with Crippen molar-refractivity contribution < 1.29 is 29.7 Å². The van der Waals surface area contributed by atoms with Crippen LogP contribution in [0.2, 0.25) is 0 Å². The van der Waals surface area contributed by atoms with Crippen LogP contribution in [-0.4, -0.2) is 51.7 Å². The lowest BCUT2D eigenvalue weighted by atomic mass is 10.1. The van der Waals surface area contributed by atoms with Crippen LogP contribution in [0.15, 0.2) is 5.16 Å². The van der Waals surface area contributed by atoms with Crippen molar-refractivity contribution >= 4 is 17.5 Å². The van der Waals surface area contributed by atoms with Gasteiger partial charge in [-0.25, -0.2) is 4.79 Å². The molecule has 0 radical (unpaired) electrons. The van der Waals surface area contributed by atoms with Crippen molar-refractivity contribution in [1.29, 1.82) is 0 Å². The molecule has 0 aromatic heterocycles. The van der Waals surface area contributed by atoms with Crippen LogP contribution in [-0.2, 0) is 14.3 Å². The van der Waals surface area contributed by atoms with Gasteiger partial charge in [0.05, 0.1) is 6.61 Å². The number of cyclic esters (lactones) is 1. The lowest BCUT2D eigenvalue weighted by molar-refractivity contribution is -0.151. The van der Waals surface area contributed by atoms with E-state index >= 15 is 0 Å². The zero-order valence-electron chi connectivity index (χ0n) is 6.38. The molecule has 7 nitrogen and oxygen atoms in total. The minimum absolute atomic E-state index is 0.591. The fourth-order valence-electron chi connectivity index (χ4n) is 0.917. The van der Waals surface area contributed by atoms with E-state index in [0.29, 0.717) is 0 Å². The van der Waals surface area contributed by atoms with Gasteiger partial charge < -0.3 is 20.2 Å². The molecule has 0 unspecified atom stereocenters. The summed E-state index contributed by atoms with van der Waals surface area (Å²) in [4.78, 5) is 21.4. The van der Waals surface area contributed by atoms with E-state index in [2.05, 4.69) is 9.89 Å². The molecule has 0 amide bonds. The fourth-order valence-corrected chi connectivity index (χ4v) is 0.917. The van der Waals surface area contributed by atoms with Gasteiger partial charge in [0.15, 0.2) is 11.8 Å². The van der Waals surface area contributed by atoms with Crippen LogP contribution < -0.4 is 0 Å². The molecule has 0 aromatic carbocycles. The Bertz CT molecular complexity index is 272. The first-order chi connectivity index (χ1) is 6.11. The van der Waals surface area contributed by atoms with E-state index in [9.17, 15) is 9.59 Å². The summed E-state index contributed by atoms with van der Waals surface area (Å²) in [7, 11) is 0. The molecule has 1 heterocycles. The number of aliphatic hydroxyl groups excluding tert-OH is 2. The van der Waals surface area contributed by atoms with Gasteiger partial charge in [0.1, 0.15) is 6.10 Å². The predicted octanol–water partition coefficient (Wildman–Crippen LogP) is -2.34. The summed E-state index contributed by atoms with van der Waals surface area (Å²) in [6, 6.07) is 0. The molecular formula is C6H7NO6. The van der Waals surface area contributed by atoms with Gasteiger partial charge in [0.25, 0.3) is 5.78 Å². The highest BCUT2D eigenvalue weighted by Gasteiger charge is 2.44. The summed E-state index contributed by atoms with van der Waals surface area (Å²) in [5.41, 5.74) is -0.591. The summed E-state index contributed by atoms with van der Waals surface area (Å²) in [5.74, 6) is -2.31. The highest BCUT2D eigenvalue weighted by molar-refractivity contribution is 6.67. The summed E-state index contributed by atoms with van der Waals surface area (Å²) in [6.07, 6.45) is -2.84. The van der Waals surface area contributed by atoms with E-state index in [1.807, 2.05) is 0 Å². The molecule has 0 aliphatic carbocycles. The molecule has 13 heavy (non-hydrogen) atoms. The van der Waals surface area contributed by atoms with Crippen molar-refractivity contribution in [2.24, 2.45) is 5.16 Å². The Hall–Kier alpha value is -1.47. The molecule has 0 bridgehead atoms. The van der Waals surface area contributed by atoms with Gasteiger partial charge in [0.2, 0.25) is 0 Å². The van der Waals surface area contributed by atoms with Crippen LogP contribution in [0.4, 0.5) is 0 Å². The number of hydrogen-bond acceptors (Lipinski definition) is 7. The highest BCUT2D eigenvalue weighted by Crippen LogP contribution is 2.12. The quantitative estimate of drug-likeness (QED) is 0.194. The van der Waals surface area contributed by atoms with E-state index in [4.69, 9.17) is 15.4 Å². The topological polar surface area (TPSA) is 116 Å². The summed E-state index contributed by atoms with van der Waals surface area (Å²) >= 11 is 0. The van der Waals surface area contributed by atoms with Crippen LogP contribution in [0.5, 0.6) is 0 Å². The van der Waals surface area contributed by atoms with Crippen molar-refractivity contribution in [2.45, 2.75) is 12.2 Å². The lowest BCUT2D eigenvalue weighted by Crippen LogP contribution is -2.35. The lowest BCUT2D eigenvalue weighted by Gasteiger charge is -2.12. The van der Waals surface area contributed by atoms with Gasteiger partial charge in [-0.3, -0.25) is 4.79 Å². The molecule has 1 aliphatic rings. The van der Waals surface area contributed by atoms with Crippen molar-refractivity contribution in [3.8, 4) is 0 Å². The van der Waals surface area contributed by atoms with E-state index in [0.717, 1.165) is 0 Å². The zero-order valence-corrected chi connectivity index (χ0v) is 6.38. The first kappa shape index (κ1) is 9.62. The van der Waals surface area contributed by atoms with E-state index in [1.165, 1.54) is 0 Å². The Morgan fingerprint density at radius 3 is 2.62 bits per heavy atom. The number of carbonyl (C=O) groups excluding carboxylic acids is 2. The van der Waals surface area contributed by atoms with Crippen LogP contribution in [0.1, 0.15) is 0 Å². The van der Waals surface area contributed by atoms with Crippen LogP contribution >= 0.6 is 0 Å². The molecule has 1 aliphatic heterocycles. The third kappa shape index (κ3) is 1.51. The number of ketones is 1. The van der Waals surface area contributed by atoms with Gasteiger partial charge in [-0.05, 0) is 0 Å². The molecule has 2 atom stereocenters. The van der Waals surface area contributed by atoms with E-state index < -0.39 is 36.3 Å². The third-order valence-corrected chi connectivity index (χ3v) is 1.57. The van der Waals surface area contributed by atoms with Crippen molar-refractivity contribution in [3.63, 3.8) is 0 Å². The van der Waals surface area contributed by atoms with Crippen molar-refractivity contribution in [3.05, 3.63) is 0 Å². The average molecular weight is 189 g/mol. The van der Waals surface area contributed by atoms with Gasteiger partial charge in [-0.1, -0.05) is 5.16 Å². The Morgan fingerprint density at radius 2 is 2.15 bits per heavy atom. The molecule has 1 saturated heterocycles. The van der Waals surface area contributed by atoms with Gasteiger partial charge >= 0.3 is 5.97 Å². The Kier molecular flexibility index (Phi) is 2.59. The zero-order chi connectivity index (χ0) is 10.0. The normalized spacial score (nSPS) is 27.8. The molecule has 1 fully saturated rings. The van der Waals surface area contributed by atoms with E-state index in [-0.39, 0.29) is 0 Å². The molecule has 7 heteroatoms. The number of oxime groups is 1. The molecule has 0 saturated carbocycles. The van der Waals surface area contributed by atoms with Crippen LogP contribution in [0.3, 0.4) is 0 Å². The molecule has 0 spiro atoms. The number of esters is 1. The molecular weight excluding hydrogens is 182 g/mol. The average Bonchev–Trinajstić information content (AvgIpc) is 2.42. The maximum atomic E-state index is 10.8. The number of aliphatic hydroxyl groups is 2. The Morgan fingerprint density at radius 1 is 1.54 bits per heavy atom. The number of carbonyl (C=O) groups is 2. The second-order valence-corrected chi connectivity index (χ2v) is 2.39. The molecule has 1 rings (SSSR count). The van der Waals surface area contributed by atoms with Crippen LogP contribution in [0, 0.1) is 0 Å². The SMILES string of the molecule is O=C1O[C@@H]([C@H](O)CO)C(=NO)C1=O. The van der Waals surface area contributed by atoms with E-state index in [1.54, 1.807) is 0 Å².